The number of aliphatic imine (C=N–C) groups is 1. The van der Waals surface area contributed by atoms with Gasteiger partial charge < -0.3 is 63.3 Å². The smallest absolute Gasteiger partial charge is 0.326 e. The quantitative estimate of drug-likeness (QED) is 0.0258. The van der Waals surface area contributed by atoms with Gasteiger partial charge >= 0.3 is 11.9 Å². The zero-order valence-electron chi connectivity index (χ0n) is 31.0. The van der Waals surface area contributed by atoms with Crippen molar-refractivity contribution in [2.75, 3.05) is 19.7 Å². The summed E-state index contributed by atoms with van der Waals surface area (Å²) in [7, 11) is 0. The first-order chi connectivity index (χ1) is 27.2. The van der Waals surface area contributed by atoms with Crippen molar-refractivity contribution < 1.29 is 48.9 Å². The van der Waals surface area contributed by atoms with Crippen molar-refractivity contribution >= 4 is 69.2 Å². The number of hydrogen-bond donors (Lipinski definition) is 12. The summed E-state index contributed by atoms with van der Waals surface area (Å²) in [6, 6.07) is 8.44. The molecule has 5 amide bonds. The van der Waals surface area contributed by atoms with Gasteiger partial charge in [0, 0.05) is 46.7 Å². The molecule has 20 nitrogen and oxygen atoms in total. The molecule has 2 heterocycles. The van der Waals surface area contributed by atoms with Crippen LogP contribution in [0.1, 0.15) is 36.1 Å². The van der Waals surface area contributed by atoms with E-state index in [-0.39, 0.29) is 38.2 Å². The number of aliphatic carboxylic acids is 2. The van der Waals surface area contributed by atoms with Gasteiger partial charge in [0.25, 0.3) is 0 Å². The minimum Gasteiger partial charge on any atom is -0.481 e. The number of benzene rings is 2. The highest BCUT2D eigenvalue weighted by Gasteiger charge is 2.30. The zero-order chi connectivity index (χ0) is 41.6. The Balaban J connectivity index is 1.37. The Hall–Kier alpha value is -6.96. The Morgan fingerprint density at radius 1 is 0.772 bits per heavy atom. The molecule has 0 radical (unpaired) electrons. The molecule has 0 spiro atoms. The third-order valence-electron chi connectivity index (χ3n) is 8.94. The molecular weight excluding hydrogens is 744 g/mol. The lowest BCUT2D eigenvalue weighted by Crippen LogP contribution is -2.56. The summed E-state index contributed by atoms with van der Waals surface area (Å²) in [5.74, 6) is -7.56. The molecule has 4 atom stereocenters. The van der Waals surface area contributed by atoms with Gasteiger partial charge in [-0.3, -0.25) is 33.8 Å². The highest BCUT2D eigenvalue weighted by molar-refractivity contribution is 5.97. The molecular formula is C37H46N10O10. The van der Waals surface area contributed by atoms with Crippen LogP contribution >= 0.6 is 0 Å². The molecule has 0 unspecified atom stereocenters. The number of guanidine groups is 1. The summed E-state index contributed by atoms with van der Waals surface area (Å²) < 4.78 is 0. The highest BCUT2D eigenvalue weighted by Crippen LogP contribution is 2.22. The lowest BCUT2D eigenvalue weighted by Gasteiger charge is -2.23. The summed E-state index contributed by atoms with van der Waals surface area (Å²) in [6.45, 7) is 0.265. The number of carbonyl (C=O) groups excluding carboxylic acids is 5. The van der Waals surface area contributed by atoms with Crippen molar-refractivity contribution in [2.24, 2.45) is 16.5 Å². The van der Waals surface area contributed by atoms with Crippen LogP contribution in [0.5, 0.6) is 0 Å². The van der Waals surface area contributed by atoms with Gasteiger partial charge in [0.2, 0.25) is 29.5 Å². The Kier molecular flexibility index (Phi) is 15.1. The van der Waals surface area contributed by atoms with E-state index >= 15 is 0 Å². The molecule has 0 aliphatic rings. The van der Waals surface area contributed by atoms with Crippen LogP contribution in [-0.2, 0) is 46.4 Å². The van der Waals surface area contributed by atoms with E-state index in [2.05, 4.69) is 41.5 Å². The molecule has 0 saturated carbocycles. The Morgan fingerprint density at radius 2 is 1.40 bits per heavy atom. The molecule has 304 valence electrons. The van der Waals surface area contributed by atoms with Gasteiger partial charge in [-0.1, -0.05) is 36.4 Å². The number of rotatable bonds is 21. The number of para-hydroxylation sites is 2. The fourth-order valence-corrected chi connectivity index (χ4v) is 6.12. The molecule has 0 aliphatic heterocycles. The Labute approximate surface area is 325 Å². The van der Waals surface area contributed by atoms with E-state index in [0.717, 1.165) is 27.5 Å². The monoisotopic (exact) mass is 790 g/mol. The second-order valence-corrected chi connectivity index (χ2v) is 13.2. The maximum absolute atomic E-state index is 13.3. The maximum atomic E-state index is 13.3. The number of carbonyl (C=O) groups is 7. The van der Waals surface area contributed by atoms with Gasteiger partial charge in [-0.15, -0.1) is 0 Å². The summed E-state index contributed by atoms with van der Waals surface area (Å²) in [5.41, 5.74) is 14.3. The van der Waals surface area contributed by atoms with Crippen molar-refractivity contribution in [3.05, 3.63) is 71.5 Å². The summed E-state index contributed by atoms with van der Waals surface area (Å²) in [4.78, 5) is 99.3. The number of aromatic amines is 2. The van der Waals surface area contributed by atoms with Crippen LogP contribution < -0.4 is 38.1 Å². The molecule has 4 aromatic rings. The minimum absolute atomic E-state index is 0.0619. The predicted molar refractivity (Wildman–Crippen MR) is 206 cm³/mol. The topological polar surface area (TPSA) is 336 Å². The number of aromatic nitrogens is 2. The van der Waals surface area contributed by atoms with Crippen LogP contribution in [0.4, 0.5) is 0 Å². The standard InChI is InChI=1S/C37H46N10O10/c1-19-23(22-8-3-5-10-25(22)43-19)14-30(49)45-29(18-48)35(55)46-26(11-6-12-40-37(38)39)33(53)42-17-31(50)44-27(15-32(51)52)34(54)47-28(36(56)57)13-20-16-41-24-9-4-2-7-21(20)24/h2-5,7-10,16,26-29,41,43,48H,6,11-15,17-18H2,1H3,(H,42,53)(H,44,50)(H,45,49)(H,46,55)(H,47,54)(H,51,52)(H,56,57)(H4,38,39,40)/t26-,27-,28-,29-/m0/s1. The molecule has 0 saturated heterocycles. The van der Waals surface area contributed by atoms with Crippen molar-refractivity contribution in [3.63, 3.8) is 0 Å². The molecule has 0 fully saturated rings. The van der Waals surface area contributed by atoms with Crippen LogP contribution in [0.15, 0.2) is 59.7 Å². The molecule has 2 aromatic heterocycles. The SMILES string of the molecule is Cc1[nH]c2ccccc2c1CC(=O)N[C@@H](CO)C(=O)N[C@@H](CCCN=C(N)N)C(=O)NCC(=O)N[C@@H](CC(=O)O)C(=O)N[C@@H](Cc1c[nH]c2ccccc12)C(=O)O. The van der Waals surface area contributed by atoms with E-state index in [4.69, 9.17) is 11.5 Å². The fraction of sp³-hybridized carbons (Fsp3) is 0.351. The van der Waals surface area contributed by atoms with Crippen molar-refractivity contribution in [2.45, 2.75) is 63.2 Å². The van der Waals surface area contributed by atoms with Gasteiger partial charge in [0.05, 0.1) is 26.0 Å². The van der Waals surface area contributed by atoms with Gasteiger partial charge in [-0.05, 0) is 43.0 Å². The number of fused-ring (bicyclic) bond motifs is 2. The molecule has 4 rings (SSSR count). The van der Waals surface area contributed by atoms with E-state index < -0.39 is 85.2 Å². The van der Waals surface area contributed by atoms with Crippen LogP contribution in [-0.4, -0.2) is 117 Å². The number of hydrogen-bond acceptors (Lipinski definition) is 9. The number of nitrogens with two attached hydrogens (primary N) is 2. The third-order valence-corrected chi connectivity index (χ3v) is 8.94. The van der Waals surface area contributed by atoms with E-state index in [1.807, 2.05) is 24.3 Å². The molecule has 57 heavy (non-hydrogen) atoms. The number of aliphatic hydroxyl groups excluding tert-OH is 1. The van der Waals surface area contributed by atoms with E-state index in [1.165, 1.54) is 0 Å². The van der Waals surface area contributed by atoms with Crippen LogP contribution in [0.25, 0.3) is 21.8 Å². The third kappa shape index (κ3) is 12.3. The van der Waals surface area contributed by atoms with Crippen molar-refractivity contribution in [3.8, 4) is 0 Å². The van der Waals surface area contributed by atoms with Gasteiger partial charge in [-0.25, -0.2) is 4.79 Å². The largest absolute Gasteiger partial charge is 0.481 e. The molecule has 0 bridgehead atoms. The average molecular weight is 791 g/mol. The lowest BCUT2D eigenvalue weighted by molar-refractivity contribution is -0.143. The summed E-state index contributed by atoms with van der Waals surface area (Å²) >= 11 is 0. The number of aliphatic hydroxyl groups is 1. The normalized spacial score (nSPS) is 13.1. The number of aryl methyl sites for hydroxylation is 1. The van der Waals surface area contributed by atoms with E-state index in [0.29, 0.717) is 11.1 Å². The van der Waals surface area contributed by atoms with E-state index in [1.54, 1.807) is 37.4 Å². The van der Waals surface area contributed by atoms with E-state index in [9.17, 15) is 48.9 Å². The number of H-pyrrole nitrogens is 2. The number of nitrogens with one attached hydrogen (secondary N) is 7. The van der Waals surface area contributed by atoms with Crippen molar-refractivity contribution in [1.29, 1.82) is 0 Å². The first kappa shape index (κ1) is 42.8. The zero-order valence-corrected chi connectivity index (χ0v) is 31.0. The predicted octanol–water partition coefficient (Wildman–Crippen LogP) is -1.60. The fourth-order valence-electron chi connectivity index (χ4n) is 6.12. The molecule has 0 aliphatic carbocycles. The lowest BCUT2D eigenvalue weighted by atomic mass is 10.0. The minimum atomic E-state index is -1.73. The second-order valence-electron chi connectivity index (χ2n) is 13.2. The number of carboxylic acid groups (broad SMARTS) is 2. The first-order valence-electron chi connectivity index (χ1n) is 17.9. The highest BCUT2D eigenvalue weighted by atomic mass is 16.4. The Bertz CT molecular complexity index is 2140. The van der Waals surface area contributed by atoms with Crippen molar-refractivity contribution in [1.82, 2.24) is 36.6 Å². The maximum Gasteiger partial charge on any atom is 0.326 e. The van der Waals surface area contributed by atoms with Crippen LogP contribution in [0.3, 0.4) is 0 Å². The van der Waals surface area contributed by atoms with Gasteiger partial charge in [0.1, 0.15) is 24.2 Å². The van der Waals surface area contributed by atoms with Crippen LogP contribution in [0, 0.1) is 6.92 Å². The van der Waals surface area contributed by atoms with Gasteiger partial charge in [0.15, 0.2) is 5.96 Å². The Morgan fingerprint density at radius 3 is 2.07 bits per heavy atom. The summed E-state index contributed by atoms with van der Waals surface area (Å²) in [6.07, 6.45) is 0.517. The summed E-state index contributed by atoms with van der Waals surface area (Å²) in [5, 5.41) is 42.5. The number of amides is 5. The number of nitrogens with zero attached hydrogens (tertiary/aromatic N) is 1. The first-order valence-corrected chi connectivity index (χ1v) is 17.9. The van der Waals surface area contributed by atoms with Gasteiger partial charge in [-0.2, -0.15) is 0 Å². The molecule has 20 heteroatoms. The molecule has 2 aromatic carbocycles. The second kappa shape index (κ2) is 20.1. The number of carboxylic acids is 2. The van der Waals surface area contributed by atoms with Crippen LogP contribution in [0.2, 0.25) is 0 Å². The molecule has 14 N–H and O–H groups in total. The average Bonchev–Trinajstić information content (AvgIpc) is 3.72.